The minimum absolute atomic E-state index is 0.00698. The summed E-state index contributed by atoms with van der Waals surface area (Å²) in [7, 11) is 3.84. The van der Waals surface area contributed by atoms with Gasteiger partial charge in [-0.2, -0.15) is 5.26 Å². The minimum atomic E-state index is -0.907. The number of nitriles is 1. The van der Waals surface area contributed by atoms with E-state index in [4.69, 9.17) is 10.4 Å². The van der Waals surface area contributed by atoms with Gasteiger partial charge < -0.3 is 20.6 Å². The van der Waals surface area contributed by atoms with Crippen molar-refractivity contribution in [1.29, 1.82) is 5.26 Å². The van der Waals surface area contributed by atoms with Crippen LogP contribution in [0.1, 0.15) is 12.8 Å². The van der Waals surface area contributed by atoms with Crippen molar-refractivity contribution in [1.82, 2.24) is 15.5 Å². The fraction of sp³-hybridized carbons (Fsp3) is 0.583. The standard InChI is InChI=1S/C12H20N4O3/c1-16(2)7-6-14-9-10(8-13)12(19)15-5-3-4-11(17)18/h9,14H,3-7H2,1-2H3,(H,15,19)(H,17,18)/b10-9-. The number of carboxylic acids is 1. The zero-order valence-electron chi connectivity index (χ0n) is 11.3. The van der Waals surface area contributed by atoms with Crippen molar-refractivity contribution in [2.45, 2.75) is 12.8 Å². The zero-order valence-corrected chi connectivity index (χ0v) is 11.3. The number of nitrogens with one attached hydrogen (secondary N) is 2. The largest absolute Gasteiger partial charge is 0.481 e. The monoisotopic (exact) mass is 268 g/mol. The SMILES string of the molecule is CN(C)CCN/C=C(/C#N)C(=O)NCCCC(=O)O. The van der Waals surface area contributed by atoms with Crippen LogP contribution >= 0.6 is 0 Å². The summed E-state index contributed by atoms with van der Waals surface area (Å²) in [4.78, 5) is 23.8. The molecule has 0 radical (unpaired) electrons. The predicted octanol–water partition coefficient (Wildman–Crippen LogP) is -0.474. The number of hydrogen-bond acceptors (Lipinski definition) is 5. The van der Waals surface area contributed by atoms with Crippen LogP contribution < -0.4 is 10.6 Å². The Labute approximate surface area is 112 Å². The number of likely N-dealkylation sites (N-methyl/N-ethyl adjacent to an activating group) is 1. The Morgan fingerprint density at radius 2 is 2.05 bits per heavy atom. The van der Waals surface area contributed by atoms with Crippen LogP contribution in [-0.2, 0) is 9.59 Å². The average Bonchev–Trinajstić information content (AvgIpc) is 2.34. The van der Waals surface area contributed by atoms with Crippen LogP contribution in [0.3, 0.4) is 0 Å². The van der Waals surface area contributed by atoms with Crippen molar-refractivity contribution >= 4 is 11.9 Å². The second-order valence-corrected chi connectivity index (χ2v) is 4.18. The fourth-order valence-electron chi connectivity index (χ4n) is 1.15. The number of hydrogen-bond donors (Lipinski definition) is 3. The Kier molecular flexibility index (Phi) is 8.83. The first-order chi connectivity index (χ1) is 8.97. The number of carbonyl (C=O) groups is 2. The molecule has 106 valence electrons. The predicted molar refractivity (Wildman–Crippen MR) is 70.1 cm³/mol. The van der Waals surface area contributed by atoms with E-state index >= 15 is 0 Å². The Morgan fingerprint density at radius 1 is 1.37 bits per heavy atom. The fourth-order valence-corrected chi connectivity index (χ4v) is 1.15. The summed E-state index contributed by atoms with van der Waals surface area (Å²) in [5, 5.41) is 22.6. The van der Waals surface area contributed by atoms with Crippen LogP contribution in [0, 0.1) is 11.3 Å². The molecule has 0 saturated heterocycles. The second-order valence-electron chi connectivity index (χ2n) is 4.18. The van der Waals surface area contributed by atoms with Crippen molar-refractivity contribution in [3.8, 4) is 6.07 Å². The van der Waals surface area contributed by atoms with E-state index in [1.165, 1.54) is 6.20 Å². The molecule has 0 fully saturated rings. The third kappa shape index (κ3) is 9.62. The van der Waals surface area contributed by atoms with Gasteiger partial charge in [0.05, 0.1) is 0 Å². The van der Waals surface area contributed by atoms with E-state index in [1.807, 2.05) is 19.0 Å². The van der Waals surface area contributed by atoms with Crippen LogP contribution in [0.4, 0.5) is 0 Å². The third-order valence-electron chi connectivity index (χ3n) is 2.17. The van der Waals surface area contributed by atoms with E-state index in [-0.39, 0.29) is 18.5 Å². The third-order valence-corrected chi connectivity index (χ3v) is 2.17. The van der Waals surface area contributed by atoms with E-state index in [2.05, 4.69) is 10.6 Å². The van der Waals surface area contributed by atoms with E-state index in [0.717, 1.165) is 6.54 Å². The van der Waals surface area contributed by atoms with Gasteiger partial charge in [0.1, 0.15) is 11.6 Å². The van der Waals surface area contributed by atoms with Crippen molar-refractivity contribution in [3.63, 3.8) is 0 Å². The summed E-state index contributed by atoms with van der Waals surface area (Å²) in [5.41, 5.74) is -0.0194. The van der Waals surface area contributed by atoms with Gasteiger partial charge in [-0.25, -0.2) is 0 Å². The molecule has 19 heavy (non-hydrogen) atoms. The van der Waals surface area contributed by atoms with Gasteiger partial charge in [-0.05, 0) is 20.5 Å². The first kappa shape index (κ1) is 16.9. The molecule has 7 heteroatoms. The average molecular weight is 268 g/mol. The molecule has 0 spiro atoms. The summed E-state index contributed by atoms with van der Waals surface area (Å²) in [5.74, 6) is -1.40. The maximum absolute atomic E-state index is 11.5. The molecule has 3 N–H and O–H groups in total. The van der Waals surface area contributed by atoms with E-state index in [9.17, 15) is 9.59 Å². The zero-order chi connectivity index (χ0) is 14.7. The van der Waals surface area contributed by atoms with E-state index in [1.54, 1.807) is 6.07 Å². The Morgan fingerprint density at radius 3 is 2.58 bits per heavy atom. The van der Waals surface area contributed by atoms with Crippen molar-refractivity contribution in [2.75, 3.05) is 33.7 Å². The minimum Gasteiger partial charge on any atom is -0.481 e. The molecule has 0 rings (SSSR count). The Hall–Kier alpha value is -2.07. The molecule has 0 aromatic heterocycles. The Balaban J connectivity index is 4.00. The first-order valence-electron chi connectivity index (χ1n) is 5.95. The number of carbonyl (C=O) groups excluding carboxylic acids is 1. The normalized spacial score (nSPS) is 10.9. The van der Waals surface area contributed by atoms with Gasteiger partial charge in [0.15, 0.2) is 0 Å². The van der Waals surface area contributed by atoms with E-state index in [0.29, 0.717) is 13.0 Å². The molecule has 7 nitrogen and oxygen atoms in total. The van der Waals surface area contributed by atoms with Gasteiger partial charge in [0.25, 0.3) is 5.91 Å². The maximum atomic E-state index is 11.5. The lowest BCUT2D eigenvalue weighted by Crippen LogP contribution is -2.28. The van der Waals surface area contributed by atoms with Gasteiger partial charge >= 0.3 is 5.97 Å². The molecule has 0 aliphatic carbocycles. The lowest BCUT2D eigenvalue weighted by Gasteiger charge is -2.09. The number of rotatable bonds is 9. The molecular formula is C12H20N4O3. The molecule has 0 heterocycles. The van der Waals surface area contributed by atoms with Gasteiger partial charge in [0, 0.05) is 32.3 Å². The van der Waals surface area contributed by atoms with Crippen LogP contribution in [0.2, 0.25) is 0 Å². The smallest absolute Gasteiger partial charge is 0.303 e. The highest BCUT2D eigenvalue weighted by Gasteiger charge is 2.07. The van der Waals surface area contributed by atoms with Gasteiger partial charge in [0.2, 0.25) is 0 Å². The summed E-state index contributed by atoms with van der Waals surface area (Å²) in [6, 6.07) is 1.80. The molecular weight excluding hydrogens is 248 g/mol. The summed E-state index contributed by atoms with van der Waals surface area (Å²) in [6.07, 6.45) is 1.71. The molecule has 0 aromatic carbocycles. The lowest BCUT2D eigenvalue weighted by molar-refractivity contribution is -0.137. The summed E-state index contributed by atoms with van der Waals surface area (Å²) < 4.78 is 0. The van der Waals surface area contributed by atoms with Crippen molar-refractivity contribution < 1.29 is 14.7 Å². The highest BCUT2D eigenvalue weighted by atomic mass is 16.4. The second kappa shape index (κ2) is 9.91. The topological polar surface area (TPSA) is 105 Å². The van der Waals surface area contributed by atoms with Crippen LogP contribution in [-0.4, -0.2) is 55.6 Å². The van der Waals surface area contributed by atoms with E-state index < -0.39 is 11.9 Å². The maximum Gasteiger partial charge on any atom is 0.303 e. The molecule has 0 aromatic rings. The molecule has 0 aliphatic heterocycles. The van der Waals surface area contributed by atoms with Gasteiger partial charge in [-0.3, -0.25) is 9.59 Å². The van der Waals surface area contributed by atoms with Gasteiger partial charge in [-0.1, -0.05) is 0 Å². The summed E-state index contributed by atoms with van der Waals surface area (Å²) in [6.45, 7) is 1.65. The van der Waals surface area contributed by atoms with Gasteiger partial charge in [-0.15, -0.1) is 0 Å². The molecule has 0 saturated carbocycles. The molecule has 0 atom stereocenters. The number of nitrogens with zero attached hydrogens (tertiary/aromatic N) is 2. The van der Waals surface area contributed by atoms with Crippen LogP contribution in [0.5, 0.6) is 0 Å². The van der Waals surface area contributed by atoms with Crippen molar-refractivity contribution in [2.24, 2.45) is 0 Å². The highest BCUT2D eigenvalue weighted by Crippen LogP contribution is 1.92. The lowest BCUT2D eigenvalue weighted by atomic mass is 10.2. The summed E-state index contributed by atoms with van der Waals surface area (Å²) >= 11 is 0. The number of carboxylic acid groups (broad SMARTS) is 1. The first-order valence-corrected chi connectivity index (χ1v) is 5.95. The van der Waals surface area contributed by atoms with Crippen LogP contribution in [0.25, 0.3) is 0 Å². The quantitative estimate of drug-likeness (QED) is 0.296. The number of amides is 1. The van der Waals surface area contributed by atoms with Crippen molar-refractivity contribution in [3.05, 3.63) is 11.8 Å². The molecule has 0 aliphatic rings. The molecule has 0 bridgehead atoms. The molecule has 1 amide bonds. The Bertz CT molecular complexity index is 372. The van der Waals surface area contributed by atoms with Crippen LogP contribution in [0.15, 0.2) is 11.8 Å². The number of aliphatic carboxylic acids is 1. The highest BCUT2D eigenvalue weighted by molar-refractivity contribution is 5.97. The molecule has 0 unspecified atom stereocenters.